The van der Waals surface area contributed by atoms with Crippen LogP contribution in [-0.2, 0) is 0 Å². The fourth-order valence-corrected chi connectivity index (χ4v) is 2.35. The molecule has 1 N–H and O–H groups in total. The molecule has 0 radical (unpaired) electrons. The van der Waals surface area contributed by atoms with Gasteiger partial charge in [0, 0.05) is 0 Å². The Morgan fingerprint density at radius 2 is 2.11 bits per heavy atom. The van der Waals surface area contributed by atoms with Crippen molar-refractivity contribution in [2.45, 2.75) is 19.3 Å². The Morgan fingerprint density at radius 1 is 1.44 bits per heavy atom. The molecule has 0 aliphatic carbocycles. The van der Waals surface area contributed by atoms with Gasteiger partial charge >= 0.3 is 0 Å². The molecule has 1 fully saturated rings. The first-order valence-electron chi connectivity index (χ1n) is 3.50. The maximum Gasteiger partial charge on any atom is -0.00450 e. The standard InChI is InChI=1S/C7H13NS/c8-4-1-7-2-5-9-6-3-7/h4,7-8H,1-3,5-6H2. The first-order valence-corrected chi connectivity index (χ1v) is 4.65. The summed E-state index contributed by atoms with van der Waals surface area (Å²) in [6, 6.07) is 0. The maximum atomic E-state index is 6.91. The summed E-state index contributed by atoms with van der Waals surface area (Å²) in [4.78, 5) is 0. The lowest BCUT2D eigenvalue weighted by Crippen LogP contribution is -2.09. The van der Waals surface area contributed by atoms with Crippen LogP contribution < -0.4 is 0 Å². The van der Waals surface area contributed by atoms with Crippen LogP contribution in [0.1, 0.15) is 19.3 Å². The predicted molar refractivity (Wildman–Crippen MR) is 43.4 cm³/mol. The van der Waals surface area contributed by atoms with E-state index in [1.54, 1.807) is 6.21 Å². The van der Waals surface area contributed by atoms with Crippen molar-refractivity contribution >= 4 is 18.0 Å². The molecule has 0 bridgehead atoms. The van der Waals surface area contributed by atoms with Crippen LogP contribution in [0.4, 0.5) is 0 Å². The third kappa shape index (κ3) is 2.39. The van der Waals surface area contributed by atoms with Gasteiger partial charge in [-0.25, -0.2) is 0 Å². The summed E-state index contributed by atoms with van der Waals surface area (Å²) in [5, 5.41) is 6.91. The van der Waals surface area contributed by atoms with Gasteiger partial charge in [-0.3, -0.25) is 0 Å². The maximum absolute atomic E-state index is 6.91. The quantitative estimate of drug-likeness (QED) is 0.588. The molecular weight excluding hydrogens is 130 g/mol. The van der Waals surface area contributed by atoms with Gasteiger partial charge in [-0.05, 0) is 42.9 Å². The number of thioether (sulfide) groups is 1. The second kappa shape index (κ2) is 3.94. The Labute approximate surface area is 60.7 Å². The Morgan fingerprint density at radius 3 is 2.67 bits per heavy atom. The third-order valence-electron chi connectivity index (χ3n) is 1.79. The van der Waals surface area contributed by atoms with Crippen molar-refractivity contribution in [1.82, 2.24) is 0 Å². The molecule has 9 heavy (non-hydrogen) atoms. The van der Waals surface area contributed by atoms with Gasteiger partial charge in [0.15, 0.2) is 0 Å². The van der Waals surface area contributed by atoms with E-state index in [4.69, 9.17) is 5.41 Å². The average Bonchev–Trinajstić information content (AvgIpc) is 1.91. The Hall–Kier alpha value is 0.0200. The van der Waals surface area contributed by atoms with Gasteiger partial charge in [0.1, 0.15) is 0 Å². The number of nitrogens with one attached hydrogen (secondary N) is 1. The van der Waals surface area contributed by atoms with E-state index in [0.717, 1.165) is 12.3 Å². The van der Waals surface area contributed by atoms with Gasteiger partial charge in [-0.15, -0.1) is 0 Å². The molecule has 0 spiro atoms. The molecule has 1 nitrogen and oxygen atoms in total. The molecule has 1 heterocycles. The van der Waals surface area contributed by atoms with Crippen molar-refractivity contribution < 1.29 is 0 Å². The summed E-state index contributed by atoms with van der Waals surface area (Å²) in [5.41, 5.74) is 0. The topological polar surface area (TPSA) is 23.9 Å². The first-order chi connectivity index (χ1) is 4.43. The van der Waals surface area contributed by atoms with Crippen molar-refractivity contribution in [1.29, 1.82) is 5.41 Å². The van der Waals surface area contributed by atoms with Gasteiger partial charge in [-0.2, -0.15) is 11.8 Å². The molecule has 1 saturated heterocycles. The lowest BCUT2D eigenvalue weighted by atomic mass is 10.00. The molecular formula is C7H13NS. The lowest BCUT2D eigenvalue weighted by molar-refractivity contribution is 0.512. The highest BCUT2D eigenvalue weighted by atomic mass is 32.2. The van der Waals surface area contributed by atoms with Gasteiger partial charge in [0.05, 0.1) is 0 Å². The minimum Gasteiger partial charge on any atom is -0.313 e. The summed E-state index contributed by atoms with van der Waals surface area (Å²) in [6.45, 7) is 0. The summed E-state index contributed by atoms with van der Waals surface area (Å²) in [5.74, 6) is 3.47. The SMILES string of the molecule is N=CCC1CCSCC1. The first kappa shape index (κ1) is 7.13. The summed E-state index contributed by atoms with van der Waals surface area (Å²) in [7, 11) is 0. The van der Waals surface area contributed by atoms with E-state index < -0.39 is 0 Å². The highest BCUT2D eigenvalue weighted by molar-refractivity contribution is 7.99. The van der Waals surface area contributed by atoms with Crippen LogP contribution in [0.5, 0.6) is 0 Å². The van der Waals surface area contributed by atoms with Crippen molar-refractivity contribution in [3.63, 3.8) is 0 Å². The number of hydrogen-bond donors (Lipinski definition) is 1. The molecule has 1 aliphatic heterocycles. The smallest absolute Gasteiger partial charge is 0.00450 e. The minimum atomic E-state index is 0.837. The Bertz CT molecular complexity index is 86.9. The average molecular weight is 143 g/mol. The van der Waals surface area contributed by atoms with E-state index in [9.17, 15) is 0 Å². The van der Waals surface area contributed by atoms with Crippen LogP contribution in [0.25, 0.3) is 0 Å². The van der Waals surface area contributed by atoms with E-state index >= 15 is 0 Å². The van der Waals surface area contributed by atoms with Crippen molar-refractivity contribution in [3.05, 3.63) is 0 Å². The van der Waals surface area contributed by atoms with E-state index in [2.05, 4.69) is 0 Å². The zero-order valence-electron chi connectivity index (χ0n) is 5.60. The molecule has 1 rings (SSSR count). The zero-order chi connectivity index (χ0) is 6.53. The molecule has 0 aromatic rings. The molecule has 0 aromatic carbocycles. The normalized spacial score (nSPS) is 21.8. The van der Waals surface area contributed by atoms with Crippen LogP contribution in [0.2, 0.25) is 0 Å². The van der Waals surface area contributed by atoms with E-state index in [0.29, 0.717) is 0 Å². The summed E-state index contributed by atoms with van der Waals surface area (Å²) < 4.78 is 0. The van der Waals surface area contributed by atoms with Crippen LogP contribution in [0.3, 0.4) is 0 Å². The molecule has 0 atom stereocenters. The Balaban J connectivity index is 2.15. The van der Waals surface area contributed by atoms with Crippen molar-refractivity contribution in [2.24, 2.45) is 5.92 Å². The molecule has 1 aliphatic rings. The third-order valence-corrected chi connectivity index (χ3v) is 2.84. The molecule has 0 unspecified atom stereocenters. The van der Waals surface area contributed by atoms with Gasteiger partial charge < -0.3 is 5.41 Å². The van der Waals surface area contributed by atoms with Crippen molar-refractivity contribution in [3.8, 4) is 0 Å². The second-order valence-electron chi connectivity index (χ2n) is 2.50. The number of rotatable bonds is 2. The van der Waals surface area contributed by atoms with Crippen molar-refractivity contribution in [2.75, 3.05) is 11.5 Å². The molecule has 0 aromatic heterocycles. The van der Waals surface area contributed by atoms with Crippen LogP contribution in [-0.4, -0.2) is 17.7 Å². The van der Waals surface area contributed by atoms with Crippen LogP contribution >= 0.6 is 11.8 Å². The molecule has 2 heteroatoms. The van der Waals surface area contributed by atoms with Crippen LogP contribution in [0, 0.1) is 11.3 Å². The largest absolute Gasteiger partial charge is 0.313 e. The minimum absolute atomic E-state index is 0.837. The van der Waals surface area contributed by atoms with E-state index in [-0.39, 0.29) is 0 Å². The van der Waals surface area contributed by atoms with E-state index in [1.165, 1.54) is 24.3 Å². The van der Waals surface area contributed by atoms with Gasteiger partial charge in [-0.1, -0.05) is 0 Å². The molecule has 0 saturated carbocycles. The van der Waals surface area contributed by atoms with Crippen LogP contribution in [0.15, 0.2) is 0 Å². The predicted octanol–water partition coefficient (Wildman–Crippen LogP) is 2.17. The fraction of sp³-hybridized carbons (Fsp3) is 0.857. The van der Waals surface area contributed by atoms with E-state index in [1.807, 2.05) is 11.8 Å². The number of hydrogen-bond acceptors (Lipinski definition) is 2. The highest BCUT2D eigenvalue weighted by Crippen LogP contribution is 2.24. The monoisotopic (exact) mass is 143 g/mol. The Kier molecular flexibility index (Phi) is 3.12. The lowest BCUT2D eigenvalue weighted by Gasteiger charge is -2.18. The fourth-order valence-electron chi connectivity index (χ4n) is 1.15. The summed E-state index contributed by atoms with van der Waals surface area (Å²) in [6.07, 6.45) is 5.24. The zero-order valence-corrected chi connectivity index (χ0v) is 6.41. The second-order valence-corrected chi connectivity index (χ2v) is 3.72. The molecule has 0 amide bonds. The van der Waals surface area contributed by atoms with Gasteiger partial charge in [0.2, 0.25) is 0 Å². The summed E-state index contributed by atoms with van der Waals surface area (Å²) >= 11 is 2.05. The highest BCUT2D eigenvalue weighted by Gasteiger charge is 2.11. The van der Waals surface area contributed by atoms with Gasteiger partial charge in [0.25, 0.3) is 0 Å². The molecule has 52 valence electrons.